The van der Waals surface area contributed by atoms with Crippen molar-refractivity contribution in [3.8, 4) is 23.0 Å². The van der Waals surface area contributed by atoms with Crippen molar-refractivity contribution in [3.05, 3.63) is 60.4 Å². The van der Waals surface area contributed by atoms with Gasteiger partial charge in [-0.1, -0.05) is 32.6 Å². The number of carbonyl (C=O) groups is 1. The van der Waals surface area contributed by atoms with E-state index < -0.39 is 0 Å². The van der Waals surface area contributed by atoms with E-state index in [9.17, 15) is 4.79 Å². The minimum Gasteiger partial charge on any atom is -0.457 e. The number of ether oxygens (including phenoxy) is 3. The number of carbonyl (C=O) groups excluding carboxylic acids is 1. The zero-order valence-corrected chi connectivity index (χ0v) is 17.2. The molecule has 2 aromatic carbocycles. The first-order chi connectivity index (χ1) is 14.1. The molecule has 0 aliphatic carbocycles. The highest BCUT2D eigenvalue weighted by Gasteiger charge is 2.19. The first kappa shape index (κ1) is 20.3. The molecule has 0 N–H and O–H groups in total. The summed E-state index contributed by atoms with van der Waals surface area (Å²) < 4.78 is 22.7. The summed E-state index contributed by atoms with van der Waals surface area (Å²) in [5, 5.41) is 0.912. The number of likely N-dealkylation sites (N-methyl/N-ethyl adjacent to an activating group) is 1. The number of para-hydroxylation sites is 1. The van der Waals surface area contributed by atoms with Crippen molar-refractivity contribution in [2.24, 2.45) is 0 Å². The third-order valence-corrected chi connectivity index (χ3v) is 4.50. The summed E-state index contributed by atoms with van der Waals surface area (Å²) in [6.45, 7) is 10.1. The van der Waals surface area contributed by atoms with Crippen LogP contribution in [0.4, 0.5) is 0 Å². The number of rotatable bonds is 5. The monoisotopic (exact) mass is 395 g/mol. The minimum absolute atomic E-state index is 0.142. The molecule has 2 heterocycles. The maximum absolute atomic E-state index is 11.8. The number of furan rings is 1. The number of nitrogens with zero attached hydrogens (tertiary/aromatic N) is 1. The fourth-order valence-corrected chi connectivity index (χ4v) is 3.08. The van der Waals surface area contributed by atoms with Crippen molar-refractivity contribution in [2.75, 3.05) is 13.8 Å². The van der Waals surface area contributed by atoms with Crippen molar-refractivity contribution in [1.82, 2.24) is 4.90 Å². The number of aryl methyl sites for hydroxylation is 1. The molecule has 6 nitrogen and oxygen atoms in total. The van der Waals surface area contributed by atoms with Crippen LogP contribution in [0.2, 0.25) is 0 Å². The molecule has 4 rings (SSSR count). The molecular formula is C23H25NO5. The highest BCUT2D eigenvalue weighted by atomic mass is 16.7. The standard InChI is InChI=1S/C21H19NO5.C2H6/c1-4-20(23)22(3)11-16-13(2)26-21-15(16)6-5-7-18(21)27-14-8-9-17-19(10-14)25-12-24-17;1-2/h4-10H,1,11-12H2,2-3H3;1-2H3. The zero-order valence-electron chi connectivity index (χ0n) is 17.2. The lowest BCUT2D eigenvalue weighted by molar-refractivity contribution is -0.125. The van der Waals surface area contributed by atoms with Gasteiger partial charge in [0.15, 0.2) is 22.8 Å². The van der Waals surface area contributed by atoms with Gasteiger partial charge < -0.3 is 23.5 Å². The Labute approximate surface area is 170 Å². The average molecular weight is 395 g/mol. The maximum atomic E-state index is 11.8. The molecule has 6 heteroatoms. The highest BCUT2D eigenvalue weighted by Crippen LogP contribution is 2.39. The first-order valence-corrected chi connectivity index (χ1v) is 9.53. The van der Waals surface area contributed by atoms with Crippen LogP contribution in [-0.2, 0) is 11.3 Å². The fraction of sp³-hybridized carbons (Fsp3) is 0.261. The normalized spacial score (nSPS) is 11.6. The second-order valence-corrected chi connectivity index (χ2v) is 6.29. The van der Waals surface area contributed by atoms with Crippen LogP contribution < -0.4 is 14.2 Å². The Hall–Kier alpha value is -3.41. The molecule has 0 atom stereocenters. The van der Waals surface area contributed by atoms with Crippen LogP contribution in [0.5, 0.6) is 23.0 Å². The van der Waals surface area contributed by atoms with Crippen molar-refractivity contribution in [1.29, 1.82) is 0 Å². The van der Waals surface area contributed by atoms with Gasteiger partial charge in [-0.25, -0.2) is 0 Å². The summed E-state index contributed by atoms with van der Waals surface area (Å²) in [6.07, 6.45) is 1.30. The van der Waals surface area contributed by atoms with E-state index in [2.05, 4.69) is 6.58 Å². The predicted molar refractivity (Wildman–Crippen MR) is 112 cm³/mol. The van der Waals surface area contributed by atoms with E-state index in [0.717, 1.165) is 16.7 Å². The summed E-state index contributed by atoms with van der Waals surface area (Å²) in [5.74, 6) is 3.18. The van der Waals surface area contributed by atoms with E-state index in [1.165, 1.54) is 6.08 Å². The van der Waals surface area contributed by atoms with Gasteiger partial charge in [0.2, 0.25) is 12.7 Å². The Morgan fingerprint density at radius 1 is 1.21 bits per heavy atom. The molecule has 0 saturated heterocycles. The number of hydrogen-bond acceptors (Lipinski definition) is 5. The van der Waals surface area contributed by atoms with Crippen molar-refractivity contribution in [2.45, 2.75) is 27.3 Å². The molecule has 29 heavy (non-hydrogen) atoms. The molecular weight excluding hydrogens is 370 g/mol. The molecule has 0 radical (unpaired) electrons. The number of hydrogen-bond donors (Lipinski definition) is 0. The molecule has 3 aromatic rings. The largest absolute Gasteiger partial charge is 0.457 e. The van der Waals surface area contributed by atoms with Crippen LogP contribution in [-0.4, -0.2) is 24.6 Å². The Morgan fingerprint density at radius 3 is 2.72 bits per heavy atom. The lowest BCUT2D eigenvalue weighted by Gasteiger charge is -2.14. The molecule has 0 spiro atoms. The minimum atomic E-state index is -0.142. The van der Waals surface area contributed by atoms with Gasteiger partial charge in [0.25, 0.3) is 0 Å². The van der Waals surface area contributed by atoms with Gasteiger partial charge in [-0.3, -0.25) is 4.79 Å². The van der Waals surface area contributed by atoms with E-state index in [1.807, 2.05) is 51.1 Å². The quantitative estimate of drug-likeness (QED) is 0.539. The van der Waals surface area contributed by atoms with Crippen molar-refractivity contribution < 1.29 is 23.4 Å². The topological polar surface area (TPSA) is 61.1 Å². The highest BCUT2D eigenvalue weighted by molar-refractivity contribution is 5.89. The van der Waals surface area contributed by atoms with Crippen LogP contribution in [0.15, 0.2) is 53.5 Å². The average Bonchev–Trinajstić information content (AvgIpc) is 3.33. The van der Waals surface area contributed by atoms with Gasteiger partial charge in [0.05, 0.1) is 0 Å². The van der Waals surface area contributed by atoms with Gasteiger partial charge in [-0.05, 0) is 31.2 Å². The fourth-order valence-electron chi connectivity index (χ4n) is 3.08. The SMILES string of the molecule is C=CC(=O)N(C)Cc1c(C)oc2c(Oc3ccc4c(c3)OCO4)cccc12.CC. The molecule has 0 bridgehead atoms. The van der Waals surface area contributed by atoms with E-state index in [1.54, 1.807) is 18.0 Å². The van der Waals surface area contributed by atoms with Crippen molar-refractivity contribution >= 4 is 16.9 Å². The lowest BCUT2D eigenvalue weighted by Crippen LogP contribution is -2.24. The molecule has 0 fully saturated rings. The van der Waals surface area contributed by atoms with Crippen LogP contribution in [0, 0.1) is 6.92 Å². The molecule has 0 saturated carbocycles. The van der Waals surface area contributed by atoms with Gasteiger partial charge >= 0.3 is 0 Å². The van der Waals surface area contributed by atoms with E-state index >= 15 is 0 Å². The lowest BCUT2D eigenvalue weighted by atomic mass is 10.1. The van der Waals surface area contributed by atoms with Crippen LogP contribution in [0.1, 0.15) is 25.2 Å². The van der Waals surface area contributed by atoms with Gasteiger partial charge in [-0.15, -0.1) is 0 Å². The number of amides is 1. The molecule has 1 aliphatic rings. The smallest absolute Gasteiger partial charge is 0.245 e. The Balaban J connectivity index is 0.00000117. The van der Waals surface area contributed by atoms with Gasteiger partial charge in [0, 0.05) is 30.6 Å². The number of fused-ring (bicyclic) bond motifs is 2. The molecule has 1 aromatic heterocycles. The summed E-state index contributed by atoms with van der Waals surface area (Å²) in [7, 11) is 1.73. The second-order valence-electron chi connectivity index (χ2n) is 6.29. The van der Waals surface area contributed by atoms with Crippen LogP contribution in [0.3, 0.4) is 0 Å². The summed E-state index contributed by atoms with van der Waals surface area (Å²) in [5.41, 5.74) is 1.58. The zero-order chi connectivity index (χ0) is 21.0. The van der Waals surface area contributed by atoms with Crippen LogP contribution in [0.25, 0.3) is 11.0 Å². The van der Waals surface area contributed by atoms with Gasteiger partial charge in [0.1, 0.15) is 11.5 Å². The third-order valence-electron chi connectivity index (χ3n) is 4.50. The molecule has 1 aliphatic heterocycles. The predicted octanol–water partition coefficient (Wildman–Crippen LogP) is 5.43. The second kappa shape index (κ2) is 8.73. The Bertz CT molecular complexity index is 1040. The Kier molecular flexibility index (Phi) is 6.12. The molecule has 152 valence electrons. The van der Waals surface area contributed by atoms with Crippen LogP contribution >= 0.6 is 0 Å². The number of benzene rings is 2. The summed E-state index contributed by atoms with van der Waals surface area (Å²) in [6, 6.07) is 11.1. The van der Waals surface area contributed by atoms with E-state index in [-0.39, 0.29) is 12.7 Å². The molecule has 1 amide bonds. The van der Waals surface area contributed by atoms with Gasteiger partial charge in [-0.2, -0.15) is 0 Å². The third kappa shape index (κ3) is 4.06. The summed E-state index contributed by atoms with van der Waals surface area (Å²) in [4.78, 5) is 13.4. The summed E-state index contributed by atoms with van der Waals surface area (Å²) >= 11 is 0. The van der Waals surface area contributed by atoms with E-state index in [4.69, 9.17) is 18.6 Å². The first-order valence-electron chi connectivity index (χ1n) is 9.53. The van der Waals surface area contributed by atoms with E-state index in [0.29, 0.717) is 35.1 Å². The molecule has 0 unspecified atom stereocenters. The van der Waals surface area contributed by atoms with Crippen molar-refractivity contribution in [3.63, 3.8) is 0 Å². The maximum Gasteiger partial charge on any atom is 0.245 e. The Morgan fingerprint density at radius 2 is 1.97 bits per heavy atom.